The molecule has 7 aromatic carbocycles. The first-order valence-corrected chi connectivity index (χ1v) is 21.1. The number of hydrogen-bond acceptors (Lipinski definition) is 2. The zero-order chi connectivity index (χ0) is 42.1. The Morgan fingerprint density at radius 3 is 0.741 bits per heavy atom. The van der Waals surface area contributed by atoms with Gasteiger partial charge in [0.2, 0.25) is 0 Å². The van der Waals surface area contributed by atoms with Crippen LogP contribution in [0.1, 0.15) is 88.8 Å². The molecule has 0 aliphatic rings. The first-order chi connectivity index (χ1) is 28.6. The number of nitrogens with zero attached hydrogens (tertiary/aromatic N) is 2. The van der Waals surface area contributed by atoms with Gasteiger partial charge in [0.05, 0.1) is 0 Å². The third kappa shape index (κ3) is 12.8. The normalized spacial score (nSPS) is 10.1. The molecule has 2 nitrogen and oxygen atoms in total. The highest BCUT2D eigenvalue weighted by Crippen LogP contribution is 2.38. The van der Waals surface area contributed by atoms with Crippen molar-refractivity contribution >= 4 is 58.4 Å². The monoisotopic (exact) mass is 765 g/mol. The number of anilines is 6. The molecule has 0 saturated heterocycles. The van der Waals surface area contributed by atoms with Crippen molar-refractivity contribution in [2.45, 2.75) is 69.2 Å². The molecular weight excluding hydrogens is 701 g/mol. The van der Waals surface area contributed by atoms with Crippen LogP contribution in [0.2, 0.25) is 0 Å². The van der Waals surface area contributed by atoms with Gasteiger partial charge in [0.25, 0.3) is 0 Å². The minimum atomic E-state index is 1.14. The zero-order valence-corrected chi connectivity index (χ0v) is 36.5. The number of aryl methyl sites for hydroxylation is 2. The lowest BCUT2D eigenvalue weighted by molar-refractivity contribution is 1.25. The third-order valence-electron chi connectivity index (χ3n) is 8.85. The molecule has 7 rings (SSSR count). The molecule has 58 heavy (non-hydrogen) atoms. The summed E-state index contributed by atoms with van der Waals surface area (Å²) in [5.41, 5.74) is 14.0. The topological polar surface area (TPSA) is 6.48 Å². The molecule has 0 fully saturated rings. The van der Waals surface area contributed by atoms with Gasteiger partial charge in [-0.05, 0) is 120 Å². The second-order valence-electron chi connectivity index (χ2n) is 12.4. The minimum absolute atomic E-state index is 1.14. The van der Waals surface area contributed by atoms with Gasteiger partial charge >= 0.3 is 0 Å². The van der Waals surface area contributed by atoms with Gasteiger partial charge in [-0.1, -0.05) is 189 Å². The van der Waals surface area contributed by atoms with E-state index in [0.717, 1.165) is 22.7 Å². The quantitative estimate of drug-likeness (QED) is 0.128. The van der Waals surface area contributed by atoms with Gasteiger partial charge < -0.3 is 9.80 Å². The molecule has 7 aromatic rings. The molecule has 0 aromatic heterocycles. The maximum atomic E-state index is 2.31. The molecule has 298 valence electrons. The number of rotatable bonds is 10. The molecule has 0 saturated carbocycles. The van der Waals surface area contributed by atoms with Gasteiger partial charge in [-0.25, -0.2) is 0 Å². The zero-order valence-electron chi connectivity index (χ0n) is 36.5. The Balaban J connectivity index is 0.00000106. The van der Waals surface area contributed by atoms with Crippen LogP contribution in [-0.4, -0.2) is 0 Å². The Morgan fingerprint density at radius 1 is 0.276 bits per heavy atom. The maximum absolute atomic E-state index is 2.31. The largest absolute Gasteiger partial charge is 0.310 e. The number of hydrogen-bond donors (Lipinski definition) is 0. The molecule has 0 radical (unpaired) electrons. The molecule has 0 atom stereocenters. The van der Waals surface area contributed by atoms with E-state index in [-0.39, 0.29) is 0 Å². The van der Waals surface area contributed by atoms with Crippen molar-refractivity contribution < 1.29 is 0 Å². The maximum Gasteiger partial charge on any atom is 0.0491 e. The van der Waals surface area contributed by atoms with Crippen LogP contribution in [0.5, 0.6) is 0 Å². The summed E-state index contributed by atoms with van der Waals surface area (Å²) in [4.78, 5) is 4.63. The van der Waals surface area contributed by atoms with Crippen LogP contribution in [0.4, 0.5) is 34.1 Å². The molecule has 0 aliphatic heterocycles. The summed E-state index contributed by atoms with van der Waals surface area (Å²) in [6.45, 7) is 20.4. The Hall–Kier alpha value is -6.38. The summed E-state index contributed by atoms with van der Waals surface area (Å²) >= 11 is 0. The molecule has 2 heteroatoms. The van der Waals surface area contributed by atoms with Crippen molar-refractivity contribution in [3.05, 3.63) is 215 Å². The lowest BCUT2D eigenvalue weighted by Crippen LogP contribution is -2.11. The highest BCUT2D eigenvalue weighted by molar-refractivity contribution is 5.82. The van der Waals surface area contributed by atoms with Crippen molar-refractivity contribution in [3.8, 4) is 0 Å². The fraction of sp³-hybridized carbons (Fsp3) is 0.179. The van der Waals surface area contributed by atoms with Crippen molar-refractivity contribution in [1.82, 2.24) is 0 Å². The highest BCUT2D eigenvalue weighted by Gasteiger charge is 2.15. The fourth-order valence-electron chi connectivity index (χ4n) is 6.33. The van der Waals surface area contributed by atoms with E-state index in [0.29, 0.717) is 0 Å². The van der Waals surface area contributed by atoms with Crippen molar-refractivity contribution in [3.63, 3.8) is 0 Å². The highest BCUT2D eigenvalue weighted by atomic mass is 15.1. The molecule has 0 unspecified atom stereocenters. The Morgan fingerprint density at radius 2 is 0.500 bits per heavy atom. The van der Waals surface area contributed by atoms with E-state index in [1.54, 1.807) is 0 Å². The van der Waals surface area contributed by atoms with Crippen LogP contribution in [0.15, 0.2) is 182 Å². The molecule has 0 heterocycles. The molecule has 0 N–H and O–H groups in total. The van der Waals surface area contributed by atoms with Crippen molar-refractivity contribution in [1.29, 1.82) is 0 Å². The van der Waals surface area contributed by atoms with Crippen LogP contribution >= 0.6 is 0 Å². The van der Waals surface area contributed by atoms with Crippen molar-refractivity contribution in [2.24, 2.45) is 0 Å². The predicted molar refractivity (Wildman–Crippen MR) is 261 cm³/mol. The van der Waals surface area contributed by atoms with Gasteiger partial charge in [-0.2, -0.15) is 0 Å². The standard InChI is InChI=1S/C48H40N2.4C2H6/c1-37-35-41(31-33-47(37)49(43-15-7-3-8-16-43)44-17-9-4-10-18-44)29-27-39-23-25-40(26-24-39)28-30-42-32-34-48(38(2)36-42)50(45-19-11-5-12-20-45)46-21-13-6-14-22-46;4*1-2/h3-36H,1-2H3;4*1-2H3/b29-27+,30-28+;;;;. The third-order valence-corrected chi connectivity index (χ3v) is 8.85. The van der Waals surface area contributed by atoms with Crippen LogP contribution in [0.25, 0.3) is 24.3 Å². The Labute approximate surface area is 351 Å². The predicted octanol–water partition coefficient (Wildman–Crippen LogP) is 17.7. The van der Waals surface area contributed by atoms with Gasteiger partial charge in [0.15, 0.2) is 0 Å². The first kappa shape index (κ1) is 46.0. The van der Waals surface area contributed by atoms with Gasteiger partial charge in [-0.3, -0.25) is 0 Å². The summed E-state index contributed by atoms with van der Waals surface area (Å²) in [7, 11) is 0. The summed E-state index contributed by atoms with van der Waals surface area (Å²) in [6, 6.07) is 64.2. The van der Waals surface area contributed by atoms with Crippen LogP contribution < -0.4 is 9.80 Å². The van der Waals surface area contributed by atoms with E-state index in [1.165, 1.54) is 44.8 Å². The average Bonchev–Trinajstić information content (AvgIpc) is 3.31. The van der Waals surface area contributed by atoms with E-state index in [2.05, 4.69) is 230 Å². The number of benzene rings is 7. The van der Waals surface area contributed by atoms with Gasteiger partial charge in [-0.15, -0.1) is 0 Å². The lowest BCUT2D eigenvalue weighted by Gasteiger charge is -2.27. The Kier molecular flexibility index (Phi) is 20.4. The van der Waals surface area contributed by atoms with Gasteiger partial charge in [0.1, 0.15) is 0 Å². The molecular formula is C56H64N2. The number of para-hydroxylation sites is 4. The molecule has 0 amide bonds. The van der Waals surface area contributed by atoms with Crippen LogP contribution in [-0.2, 0) is 0 Å². The second-order valence-corrected chi connectivity index (χ2v) is 12.4. The van der Waals surface area contributed by atoms with E-state index >= 15 is 0 Å². The second kappa shape index (κ2) is 25.7. The van der Waals surface area contributed by atoms with Crippen LogP contribution in [0, 0.1) is 13.8 Å². The molecule has 0 bridgehead atoms. The molecule has 0 spiro atoms. The average molecular weight is 765 g/mol. The summed E-state index contributed by atoms with van der Waals surface area (Å²) < 4.78 is 0. The van der Waals surface area contributed by atoms with E-state index in [1.807, 2.05) is 55.4 Å². The van der Waals surface area contributed by atoms with E-state index < -0.39 is 0 Å². The minimum Gasteiger partial charge on any atom is -0.310 e. The van der Waals surface area contributed by atoms with Crippen LogP contribution in [0.3, 0.4) is 0 Å². The van der Waals surface area contributed by atoms with E-state index in [9.17, 15) is 0 Å². The summed E-state index contributed by atoms with van der Waals surface area (Å²) in [6.07, 6.45) is 8.74. The van der Waals surface area contributed by atoms with E-state index in [4.69, 9.17) is 0 Å². The first-order valence-electron chi connectivity index (χ1n) is 21.1. The summed E-state index contributed by atoms with van der Waals surface area (Å²) in [5, 5.41) is 0. The Bertz CT molecular complexity index is 1960. The summed E-state index contributed by atoms with van der Waals surface area (Å²) in [5.74, 6) is 0. The fourth-order valence-corrected chi connectivity index (χ4v) is 6.33. The SMILES string of the molecule is CC.CC.CC.CC.Cc1cc(/C=C/c2ccc(/C=C/c3ccc(N(c4ccccc4)c4ccccc4)c(C)c3)cc2)ccc1N(c1ccccc1)c1ccccc1. The lowest BCUT2D eigenvalue weighted by atomic mass is 10.0. The van der Waals surface area contributed by atoms with Crippen molar-refractivity contribution in [2.75, 3.05) is 9.80 Å². The van der Waals surface area contributed by atoms with Gasteiger partial charge in [0, 0.05) is 34.1 Å². The smallest absolute Gasteiger partial charge is 0.0491 e. The molecule has 0 aliphatic carbocycles.